The van der Waals surface area contributed by atoms with Gasteiger partial charge < -0.3 is 5.32 Å². The molecule has 0 spiro atoms. The van der Waals surface area contributed by atoms with Gasteiger partial charge in [-0.25, -0.2) is 0 Å². The minimum atomic E-state index is -4.16. The summed E-state index contributed by atoms with van der Waals surface area (Å²) in [6.07, 6.45) is 1.21. The lowest BCUT2D eigenvalue weighted by atomic mass is 9.80. The van der Waals surface area contributed by atoms with Gasteiger partial charge in [-0.2, -0.15) is 13.2 Å². The molecule has 1 fully saturated rings. The van der Waals surface area contributed by atoms with Gasteiger partial charge in [0.15, 0.2) is 0 Å². The predicted molar refractivity (Wildman–Crippen MR) is 76.8 cm³/mol. The van der Waals surface area contributed by atoms with Crippen LogP contribution in [0.4, 0.5) is 13.2 Å². The monoisotopic (exact) mass is 357 g/mol. The van der Waals surface area contributed by atoms with Crippen molar-refractivity contribution in [2.45, 2.75) is 57.5 Å². The van der Waals surface area contributed by atoms with E-state index in [-0.39, 0.29) is 18.7 Å². The third-order valence-electron chi connectivity index (χ3n) is 3.87. The second-order valence-corrected chi connectivity index (χ2v) is 6.29. The zero-order valence-electron chi connectivity index (χ0n) is 11.6. The molecule has 1 amide bonds. The van der Waals surface area contributed by atoms with Crippen LogP contribution in [0.25, 0.3) is 0 Å². The van der Waals surface area contributed by atoms with E-state index >= 15 is 0 Å². The summed E-state index contributed by atoms with van der Waals surface area (Å²) in [7, 11) is 0. The van der Waals surface area contributed by atoms with Crippen LogP contribution in [0, 0.1) is 11.8 Å². The fourth-order valence-electron chi connectivity index (χ4n) is 2.65. The summed E-state index contributed by atoms with van der Waals surface area (Å²) in [6, 6.07) is 0. The van der Waals surface area contributed by atoms with E-state index in [1.165, 1.54) is 0 Å². The lowest BCUT2D eigenvalue weighted by Gasteiger charge is -2.29. The van der Waals surface area contributed by atoms with Crippen molar-refractivity contribution < 1.29 is 18.0 Å². The summed E-state index contributed by atoms with van der Waals surface area (Å²) in [6.45, 7) is 0.578. The standard InChI is InChI=1S/C14H23BrF3NO/c15-8-3-1-2-4-9-19-13(20)11-6-5-7-12(10-11)14(16,17)18/h11-12H,1-10H2,(H,19,20). The quantitative estimate of drug-likeness (QED) is 0.530. The summed E-state index contributed by atoms with van der Waals surface area (Å²) >= 11 is 3.35. The van der Waals surface area contributed by atoms with Gasteiger partial charge in [0.05, 0.1) is 5.92 Å². The van der Waals surface area contributed by atoms with Gasteiger partial charge in [0.2, 0.25) is 5.91 Å². The highest BCUT2D eigenvalue weighted by Gasteiger charge is 2.43. The second kappa shape index (κ2) is 8.90. The van der Waals surface area contributed by atoms with Crippen LogP contribution in [-0.4, -0.2) is 24.0 Å². The van der Waals surface area contributed by atoms with E-state index < -0.39 is 18.0 Å². The number of rotatable bonds is 7. The van der Waals surface area contributed by atoms with E-state index in [1.807, 2.05) is 0 Å². The highest BCUT2D eigenvalue weighted by Crippen LogP contribution is 2.39. The summed E-state index contributed by atoms with van der Waals surface area (Å²) in [5.41, 5.74) is 0. The number of unbranched alkanes of at least 4 members (excludes halogenated alkanes) is 3. The molecule has 1 N–H and O–H groups in total. The molecule has 1 saturated carbocycles. The SMILES string of the molecule is O=C(NCCCCCCBr)C1CCCC(C(F)(F)F)C1. The first-order valence-electron chi connectivity index (χ1n) is 7.35. The molecule has 20 heavy (non-hydrogen) atoms. The van der Waals surface area contributed by atoms with E-state index in [0.29, 0.717) is 19.4 Å². The molecule has 1 rings (SSSR count). The molecular formula is C14H23BrF3NO. The highest BCUT2D eigenvalue weighted by molar-refractivity contribution is 9.09. The molecule has 0 radical (unpaired) electrons. The number of alkyl halides is 4. The van der Waals surface area contributed by atoms with E-state index in [0.717, 1.165) is 31.0 Å². The normalized spacial score (nSPS) is 23.6. The zero-order valence-corrected chi connectivity index (χ0v) is 13.2. The Labute approximate surface area is 127 Å². The second-order valence-electron chi connectivity index (χ2n) is 5.50. The maximum absolute atomic E-state index is 12.7. The van der Waals surface area contributed by atoms with Crippen molar-refractivity contribution in [1.29, 1.82) is 0 Å². The largest absolute Gasteiger partial charge is 0.391 e. The summed E-state index contributed by atoms with van der Waals surface area (Å²) in [4.78, 5) is 11.9. The number of nitrogens with one attached hydrogen (secondary N) is 1. The predicted octanol–water partition coefficient (Wildman–Crippen LogP) is 4.43. The number of carbonyl (C=O) groups excluding carboxylic acids is 1. The molecule has 2 atom stereocenters. The van der Waals surface area contributed by atoms with Crippen molar-refractivity contribution in [1.82, 2.24) is 5.32 Å². The van der Waals surface area contributed by atoms with Crippen molar-refractivity contribution in [2.75, 3.05) is 11.9 Å². The molecule has 0 aromatic carbocycles. The lowest BCUT2D eigenvalue weighted by molar-refractivity contribution is -0.186. The first kappa shape index (κ1) is 17.8. The van der Waals surface area contributed by atoms with Crippen LogP contribution in [0.3, 0.4) is 0 Å². The van der Waals surface area contributed by atoms with Crippen LogP contribution in [0.2, 0.25) is 0 Å². The van der Waals surface area contributed by atoms with Crippen molar-refractivity contribution in [3.63, 3.8) is 0 Å². The Bertz CT molecular complexity index is 297. The van der Waals surface area contributed by atoms with Crippen molar-refractivity contribution in [3.05, 3.63) is 0 Å². The molecule has 0 aromatic heterocycles. The van der Waals surface area contributed by atoms with Gasteiger partial charge in [0, 0.05) is 17.8 Å². The molecule has 2 unspecified atom stereocenters. The van der Waals surface area contributed by atoms with Crippen molar-refractivity contribution in [2.24, 2.45) is 11.8 Å². The Morgan fingerprint density at radius 1 is 1.15 bits per heavy atom. The molecular weight excluding hydrogens is 335 g/mol. The fraction of sp³-hybridized carbons (Fsp3) is 0.929. The Hall–Kier alpha value is -0.260. The topological polar surface area (TPSA) is 29.1 Å². The molecule has 1 aliphatic carbocycles. The highest BCUT2D eigenvalue weighted by atomic mass is 79.9. The van der Waals surface area contributed by atoms with E-state index in [9.17, 15) is 18.0 Å². The van der Waals surface area contributed by atoms with Crippen LogP contribution in [0.15, 0.2) is 0 Å². The van der Waals surface area contributed by atoms with Crippen molar-refractivity contribution >= 4 is 21.8 Å². The Kier molecular flexibility index (Phi) is 7.92. The van der Waals surface area contributed by atoms with Gasteiger partial charge in [-0.15, -0.1) is 0 Å². The summed E-state index contributed by atoms with van der Waals surface area (Å²) in [5, 5.41) is 3.77. The smallest absolute Gasteiger partial charge is 0.356 e. The van der Waals surface area contributed by atoms with Crippen molar-refractivity contribution in [3.8, 4) is 0 Å². The number of halogens is 4. The van der Waals surface area contributed by atoms with Crippen LogP contribution < -0.4 is 5.32 Å². The van der Waals surface area contributed by atoms with Crippen LogP contribution in [-0.2, 0) is 4.79 Å². The average molecular weight is 358 g/mol. The summed E-state index contributed by atoms with van der Waals surface area (Å²) in [5.74, 6) is -1.96. The molecule has 2 nitrogen and oxygen atoms in total. The van der Waals surface area contributed by atoms with E-state index in [1.54, 1.807) is 0 Å². The Morgan fingerprint density at radius 2 is 1.85 bits per heavy atom. The number of hydrogen-bond donors (Lipinski definition) is 1. The Morgan fingerprint density at radius 3 is 2.50 bits per heavy atom. The first-order valence-corrected chi connectivity index (χ1v) is 8.47. The lowest BCUT2D eigenvalue weighted by Crippen LogP contribution is -2.37. The van der Waals surface area contributed by atoms with E-state index in [2.05, 4.69) is 21.2 Å². The molecule has 0 bridgehead atoms. The minimum absolute atomic E-state index is 0.0427. The van der Waals surface area contributed by atoms with E-state index in [4.69, 9.17) is 0 Å². The third kappa shape index (κ3) is 6.46. The van der Waals surface area contributed by atoms with Gasteiger partial charge in [-0.3, -0.25) is 4.79 Å². The van der Waals surface area contributed by atoms with Gasteiger partial charge in [0.25, 0.3) is 0 Å². The Balaban J connectivity index is 2.22. The minimum Gasteiger partial charge on any atom is -0.356 e. The molecule has 0 aromatic rings. The van der Waals surface area contributed by atoms with Crippen LogP contribution in [0.5, 0.6) is 0 Å². The maximum atomic E-state index is 12.7. The fourth-order valence-corrected chi connectivity index (χ4v) is 3.05. The molecule has 0 aliphatic heterocycles. The molecule has 6 heteroatoms. The first-order chi connectivity index (χ1) is 9.45. The number of amides is 1. The molecule has 118 valence electrons. The number of carbonyl (C=O) groups is 1. The molecule has 0 heterocycles. The average Bonchev–Trinajstić information content (AvgIpc) is 2.41. The van der Waals surface area contributed by atoms with Gasteiger partial charge in [-0.1, -0.05) is 35.2 Å². The van der Waals surface area contributed by atoms with Crippen LogP contribution >= 0.6 is 15.9 Å². The molecule has 1 aliphatic rings. The summed E-state index contributed by atoms with van der Waals surface area (Å²) < 4.78 is 38.0. The third-order valence-corrected chi connectivity index (χ3v) is 4.43. The number of hydrogen-bond acceptors (Lipinski definition) is 1. The van der Waals surface area contributed by atoms with Crippen LogP contribution in [0.1, 0.15) is 51.4 Å². The molecule has 0 saturated heterocycles. The zero-order chi connectivity index (χ0) is 15.0. The van der Waals surface area contributed by atoms with Gasteiger partial charge >= 0.3 is 6.18 Å². The van der Waals surface area contributed by atoms with Gasteiger partial charge in [-0.05, 0) is 32.1 Å². The van der Waals surface area contributed by atoms with Gasteiger partial charge in [0.1, 0.15) is 0 Å². The maximum Gasteiger partial charge on any atom is 0.391 e.